The predicted molar refractivity (Wildman–Crippen MR) is 188 cm³/mol. The van der Waals surface area contributed by atoms with Crippen molar-refractivity contribution in [3.63, 3.8) is 0 Å². The zero-order valence-electron chi connectivity index (χ0n) is 29.2. The number of amides is 2. The maximum Gasteiger partial charge on any atom is 0.417 e. The number of nitrogens with one attached hydrogen (secondary N) is 2. The fourth-order valence-corrected chi connectivity index (χ4v) is 5.07. The van der Waals surface area contributed by atoms with Gasteiger partial charge in [0.05, 0.1) is 66.2 Å². The average Bonchev–Trinajstić information content (AvgIpc) is 3.10. The van der Waals surface area contributed by atoms with Crippen LogP contribution in [0.1, 0.15) is 58.2 Å². The van der Waals surface area contributed by atoms with Crippen LogP contribution < -0.4 is 16.4 Å². The Morgan fingerprint density at radius 2 is 1.29 bits per heavy atom. The molecule has 1 atom stereocenters. The van der Waals surface area contributed by atoms with E-state index in [2.05, 4.69) is 10.6 Å². The highest BCUT2D eigenvalue weighted by Crippen LogP contribution is 2.38. The van der Waals surface area contributed by atoms with Gasteiger partial charge in [0.1, 0.15) is 5.60 Å². The first-order valence-electron chi connectivity index (χ1n) is 16.0. The molecule has 0 saturated carbocycles. The number of nitrogens with zero attached hydrogens (tertiary/aromatic N) is 1. The molecule has 4 N–H and O–H groups in total. The molecule has 0 radical (unpaired) electrons. The number of nitrogens with two attached hydrogens (primary N) is 1. The number of rotatable bonds is 11. The van der Waals surface area contributed by atoms with E-state index in [1.807, 2.05) is 6.07 Å². The number of hydrogen-bond donors (Lipinski definition) is 3. The minimum atomic E-state index is -4.72. The standard InChI is InChI=1S/C38H39F3N4O7/c1-37(2,3)52-36(49)45(33(46)28(42)20-23-11-7-6-8-12-23)22-24-15-17-30(27(19-24)35(48)51-5)44-32-21-25(38(39,40)41)16-18-31(32)43-29-14-10-9-13-26(29)34(47)50-4/h6-19,21,28,43-44H,20,22,42H2,1-5H3/t28-/m0/s1. The molecule has 274 valence electrons. The quantitative estimate of drug-likeness (QED) is 0.104. The lowest BCUT2D eigenvalue weighted by atomic mass is 10.0. The van der Waals surface area contributed by atoms with Crippen molar-refractivity contribution in [2.75, 3.05) is 24.9 Å². The summed E-state index contributed by atoms with van der Waals surface area (Å²) < 4.78 is 56.9. The Kier molecular flexibility index (Phi) is 12.3. The first-order valence-corrected chi connectivity index (χ1v) is 16.0. The zero-order valence-corrected chi connectivity index (χ0v) is 29.2. The minimum Gasteiger partial charge on any atom is -0.465 e. The Balaban J connectivity index is 1.73. The van der Waals surface area contributed by atoms with Crippen LogP contribution in [0.15, 0.2) is 91.0 Å². The summed E-state index contributed by atoms with van der Waals surface area (Å²) in [5.74, 6) is -2.27. The van der Waals surface area contributed by atoms with Gasteiger partial charge in [-0.3, -0.25) is 4.79 Å². The number of ether oxygens (including phenoxy) is 3. The second-order valence-corrected chi connectivity index (χ2v) is 12.6. The lowest BCUT2D eigenvalue weighted by Crippen LogP contribution is -2.48. The molecular weight excluding hydrogens is 681 g/mol. The smallest absolute Gasteiger partial charge is 0.417 e. The van der Waals surface area contributed by atoms with Gasteiger partial charge in [0.25, 0.3) is 0 Å². The highest BCUT2D eigenvalue weighted by Gasteiger charge is 2.33. The van der Waals surface area contributed by atoms with E-state index in [0.717, 1.165) is 29.7 Å². The van der Waals surface area contributed by atoms with E-state index in [-0.39, 0.29) is 52.4 Å². The first-order chi connectivity index (χ1) is 24.5. The number of hydrogen-bond acceptors (Lipinski definition) is 10. The normalized spacial score (nSPS) is 11.9. The third kappa shape index (κ3) is 10.1. The summed E-state index contributed by atoms with van der Waals surface area (Å²) in [6.07, 6.45) is -5.55. The van der Waals surface area contributed by atoms with Crippen molar-refractivity contribution in [3.8, 4) is 0 Å². The fourth-order valence-electron chi connectivity index (χ4n) is 5.07. The van der Waals surface area contributed by atoms with Crippen molar-refractivity contribution >= 4 is 46.7 Å². The van der Waals surface area contributed by atoms with Gasteiger partial charge in [-0.2, -0.15) is 13.2 Å². The Hall–Kier alpha value is -5.89. The van der Waals surface area contributed by atoms with Gasteiger partial charge in [-0.1, -0.05) is 48.5 Å². The third-order valence-electron chi connectivity index (χ3n) is 7.54. The van der Waals surface area contributed by atoms with Crippen molar-refractivity contribution in [2.45, 2.75) is 51.6 Å². The zero-order chi connectivity index (χ0) is 38.2. The number of carbonyl (C=O) groups excluding carboxylic acids is 4. The van der Waals surface area contributed by atoms with Crippen LogP contribution in [0.2, 0.25) is 0 Å². The predicted octanol–water partition coefficient (Wildman–Crippen LogP) is 7.60. The molecule has 0 saturated heterocycles. The van der Waals surface area contributed by atoms with Gasteiger partial charge in [0, 0.05) is 0 Å². The van der Waals surface area contributed by atoms with Crippen LogP contribution in [0, 0.1) is 0 Å². The van der Waals surface area contributed by atoms with Crippen LogP contribution >= 0.6 is 0 Å². The van der Waals surface area contributed by atoms with Crippen LogP contribution in [-0.2, 0) is 38.1 Å². The van der Waals surface area contributed by atoms with E-state index in [4.69, 9.17) is 19.9 Å². The molecule has 0 heterocycles. The van der Waals surface area contributed by atoms with Gasteiger partial charge in [-0.05, 0) is 80.8 Å². The SMILES string of the molecule is COC(=O)c1ccccc1Nc1ccc(C(F)(F)F)cc1Nc1ccc(CN(C(=O)OC(C)(C)C)C(=O)[C@@H](N)Cc2ccccc2)cc1C(=O)OC. The molecular formula is C38H39F3N4O7. The Morgan fingerprint density at radius 3 is 1.92 bits per heavy atom. The average molecular weight is 721 g/mol. The van der Waals surface area contributed by atoms with E-state index < -0.39 is 47.3 Å². The van der Waals surface area contributed by atoms with E-state index in [9.17, 15) is 32.3 Å². The lowest BCUT2D eigenvalue weighted by molar-refractivity contribution is -0.137. The van der Waals surface area contributed by atoms with Gasteiger partial charge in [0.15, 0.2) is 0 Å². The molecule has 4 rings (SSSR count). The van der Waals surface area contributed by atoms with Gasteiger partial charge < -0.3 is 30.6 Å². The highest BCUT2D eigenvalue weighted by molar-refractivity contribution is 5.99. The summed E-state index contributed by atoms with van der Waals surface area (Å²) in [5.41, 5.74) is 5.68. The Morgan fingerprint density at radius 1 is 0.712 bits per heavy atom. The Bertz CT molecular complexity index is 1930. The number of halogens is 3. The number of anilines is 4. The second kappa shape index (κ2) is 16.4. The number of benzene rings is 4. The maximum atomic E-state index is 13.9. The molecule has 52 heavy (non-hydrogen) atoms. The van der Waals surface area contributed by atoms with E-state index in [0.29, 0.717) is 0 Å². The Labute approximate surface area is 298 Å². The van der Waals surface area contributed by atoms with Crippen LogP contribution in [0.5, 0.6) is 0 Å². The summed E-state index contributed by atoms with van der Waals surface area (Å²) in [4.78, 5) is 53.2. The molecule has 11 nitrogen and oxygen atoms in total. The maximum absolute atomic E-state index is 13.9. The topological polar surface area (TPSA) is 149 Å². The number of para-hydroxylation sites is 1. The van der Waals surface area contributed by atoms with Crippen molar-refractivity contribution < 1.29 is 46.6 Å². The third-order valence-corrected chi connectivity index (χ3v) is 7.54. The van der Waals surface area contributed by atoms with Crippen LogP contribution in [0.3, 0.4) is 0 Å². The van der Waals surface area contributed by atoms with Crippen molar-refractivity contribution in [1.29, 1.82) is 0 Å². The van der Waals surface area contributed by atoms with E-state index in [1.165, 1.54) is 37.4 Å². The highest BCUT2D eigenvalue weighted by atomic mass is 19.4. The molecule has 14 heteroatoms. The van der Waals surface area contributed by atoms with Crippen molar-refractivity contribution in [1.82, 2.24) is 4.90 Å². The van der Waals surface area contributed by atoms with Crippen LogP contribution in [0.25, 0.3) is 0 Å². The molecule has 0 unspecified atom stereocenters. The first kappa shape index (κ1) is 38.9. The molecule has 0 aromatic heterocycles. The van der Waals surface area contributed by atoms with Gasteiger partial charge in [-0.25, -0.2) is 19.3 Å². The second-order valence-electron chi connectivity index (χ2n) is 12.6. The van der Waals surface area contributed by atoms with E-state index >= 15 is 0 Å². The summed E-state index contributed by atoms with van der Waals surface area (Å²) in [7, 11) is 2.32. The molecule has 2 amide bonds. The number of imide groups is 1. The van der Waals surface area contributed by atoms with E-state index in [1.54, 1.807) is 63.2 Å². The monoisotopic (exact) mass is 720 g/mol. The van der Waals surface area contributed by atoms with Crippen molar-refractivity contribution in [2.24, 2.45) is 5.73 Å². The summed E-state index contributed by atoms with van der Waals surface area (Å²) in [5, 5.41) is 5.86. The molecule has 0 aliphatic rings. The summed E-state index contributed by atoms with van der Waals surface area (Å²) in [6.45, 7) is 4.55. The summed E-state index contributed by atoms with van der Waals surface area (Å²) in [6, 6.07) is 21.2. The molecule has 0 spiro atoms. The van der Waals surface area contributed by atoms with Crippen LogP contribution in [0.4, 0.5) is 40.7 Å². The van der Waals surface area contributed by atoms with Crippen LogP contribution in [-0.4, -0.2) is 54.7 Å². The minimum absolute atomic E-state index is 0.0372. The number of esters is 2. The molecule has 0 aliphatic carbocycles. The fraction of sp³-hybridized carbons (Fsp3) is 0.263. The van der Waals surface area contributed by atoms with Gasteiger partial charge in [-0.15, -0.1) is 0 Å². The van der Waals surface area contributed by atoms with Gasteiger partial charge >= 0.3 is 24.2 Å². The van der Waals surface area contributed by atoms with Gasteiger partial charge in [0.2, 0.25) is 5.91 Å². The van der Waals surface area contributed by atoms with Crippen molar-refractivity contribution in [3.05, 3.63) is 119 Å². The molecule has 0 fully saturated rings. The number of carbonyl (C=O) groups is 4. The lowest BCUT2D eigenvalue weighted by Gasteiger charge is -2.28. The number of alkyl halides is 3. The largest absolute Gasteiger partial charge is 0.465 e. The molecule has 0 aliphatic heterocycles. The molecule has 0 bridgehead atoms. The number of methoxy groups -OCH3 is 2. The summed E-state index contributed by atoms with van der Waals surface area (Å²) >= 11 is 0. The molecule has 4 aromatic rings. The molecule has 4 aromatic carbocycles.